The molecule has 2 heterocycles. The van der Waals surface area contributed by atoms with Crippen molar-refractivity contribution in [2.24, 2.45) is 0 Å². The van der Waals surface area contributed by atoms with Gasteiger partial charge in [0.05, 0.1) is 20.3 Å². The highest BCUT2D eigenvalue weighted by Gasteiger charge is 2.33. The average molecular weight is 481 g/mol. The highest BCUT2D eigenvalue weighted by molar-refractivity contribution is 5.93. The number of carbonyl (C=O) groups is 1. The molecular formula is C28H36N2O5. The number of nitrogens with zero attached hydrogens (tertiary/aromatic N) is 2. The van der Waals surface area contributed by atoms with Gasteiger partial charge in [-0.1, -0.05) is 36.8 Å². The SMILES string of the molecule is C/C=C(\C=C/CCOc1ccc(C2CN(C(=O)c3cc(OCCOC)ccn3)C2)cc1OC)CC. The number of methoxy groups -OCH3 is 2. The van der Waals surface area contributed by atoms with Gasteiger partial charge < -0.3 is 23.8 Å². The average Bonchev–Trinajstić information content (AvgIpc) is 2.86. The van der Waals surface area contributed by atoms with Crippen molar-refractivity contribution in [3.05, 3.63) is 71.6 Å². The number of aromatic nitrogens is 1. The minimum Gasteiger partial charge on any atom is -0.493 e. The van der Waals surface area contributed by atoms with Gasteiger partial charge in [0, 0.05) is 38.4 Å². The van der Waals surface area contributed by atoms with Crippen LogP contribution in [0.5, 0.6) is 17.2 Å². The van der Waals surface area contributed by atoms with Crippen LogP contribution in [0.1, 0.15) is 48.7 Å². The first kappa shape index (κ1) is 26.3. The zero-order chi connectivity index (χ0) is 25.0. The van der Waals surface area contributed by atoms with Crippen LogP contribution >= 0.6 is 0 Å². The summed E-state index contributed by atoms with van der Waals surface area (Å²) in [5.74, 6) is 2.21. The predicted octanol–water partition coefficient (Wildman–Crippen LogP) is 5.04. The van der Waals surface area contributed by atoms with Crippen molar-refractivity contribution >= 4 is 5.91 Å². The molecule has 3 rings (SSSR count). The Morgan fingerprint density at radius 1 is 1.09 bits per heavy atom. The number of rotatable bonds is 13. The lowest BCUT2D eigenvalue weighted by Crippen LogP contribution is -2.48. The van der Waals surface area contributed by atoms with Gasteiger partial charge in [-0.15, -0.1) is 0 Å². The summed E-state index contributed by atoms with van der Waals surface area (Å²) in [7, 11) is 3.27. The smallest absolute Gasteiger partial charge is 0.272 e. The van der Waals surface area contributed by atoms with Crippen LogP contribution in [0.25, 0.3) is 0 Å². The summed E-state index contributed by atoms with van der Waals surface area (Å²) < 4.78 is 22.1. The number of hydrogen-bond acceptors (Lipinski definition) is 6. The lowest BCUT2D eigenvalue weighted by atomic mass is 9.91. The molecule has 2 aromatic rings. The molecule has 0 bridgehead atoms. The zero-order valence-electron chi connectivity index (χ0n) is 21.2. The molecule has 7 nitrogen and oxygen atoms in total. The van der Waals surface area contributed by atoms with E-state index >= 15 is 0 Å². The van der Waals surface area contributed by atoms with Crippen LogP contribution in [0, 0.1) is 0 Å². The molecule has 0 aliphatic carbocycles. The van der Waals surface area contributed by atoms with E-state index < -0.39 is 0 Å². The van der Waals surface area contributed by atoms with Crippen LogP contribution < -0.4 is 14.2 Å². The topological polar surface area (TPSA) is 70.1 Å². The molecule has 0 unspecified atom stereocenters. The number of amides is 1. The Bertz CT molecular complexity index is 1030. The number of allylic oxidation sites excluding steroid dienone is 3. The van der Waals surface area contributed by atoms with Crippen molar-refractivity contribution < 1.29 is 23.7 Å². The van der Waals surface area contributed by atoms with Gasteiger partial charge in [0.2, 0.25) is 0 Å². The Balaban J connectivity index is 1.52. The van der Waals surface area contributed by atoms with E-state index in [2.05, 4.69) is 43.1 Å². The lowest BCUT2D eigenvalue weighted by Gasteiger charge is -2.39. The molecule has 1 aromatic carbocycles. The van der Waals surface area contributed by atoms with E-state index in [-0.39, 0.29) is 11.8 Å². The minimum absolute atomic E-state index is 0.0948. The molecule has 1 saturated heterocycles. The summed E-state index contributed by atoms with van der Waals surface area (Å²) in [6, 6.07) is 9.43. The molecule has 1 aliphatic heterocycles. The fourth-order valence-electron chi connectivity index (χ4n) is 3.83. The molecule has 1 aliphatic rings. The first-order valence-electron chi connectivity index (χ1n) is 12.1. The number of ether oxygens (including phenoxy) is 4. The molecular weight excluding hydrogens is 444 g/mol. The number of carbonyl (C=O) groups excluding carboxylic acids is 1. The number of hydrogen-bond donors (Lipinski definition) is 0. The highest BCUT2D eigenvalue weighted by atomic mass is 16.5. The number of pyridine rings is 1. The molecule has 0 N–H and O–H groups in total. The molecule has 7 heteroatoms. The van der Waals surface area contributed by atoms with Gasteiger partial charge in [0.15, 0.2) is 11.5 Å². The molecule has 0 atom stereocenters. The monoisotopic (exact) mass is 480 g/mol. The summed E-state index contributed by atoms with van der Waals surface area (Å²) in [6.45, 7) is 6.96. The van der Waals surface area contributed by atoms with E-state index in [1.54, 1.807) is 37.4 Å². The number of likely N-dealkylation sites (tertiary alicyclic amines) is 1. The second-order valence-corrected chi connectivity index (χ2v) is 8.29. The van der Waals surface area contributed by atoms with Crippen LogP contribution in [0.3, 0.4) is 0 Å². The largest absolute Gasteiger partial charge is 0.493 e. The molecule has 35 heavy (non-hydrogen) atoms. The van der Waals surface area contributed by atoms with E-state index in [4.69, 9.17) is 18.9 Å². The summed E-state index contributed by atoms with van der Waals surface area (Å²) in [5.41, 5.74) is 2.83. The Morgan fingerprint density at radius 3 is 2.63 bits per heavy atom. The van der Waals surface area contributed by atoms with Crippen LogP contribution in [0.15, 0.2) is 60.3 Å². The van der Waals surface area contributed by atoms with Gasteiger partial charge in [-0.25, -0.2) is 0 Å². The Hall–Kier alpha value is -3.32. The van der Waals surface area contributed by atoms with Crippen LogP contribution in [0.2, 0.25) is 0 Å². The van der Waals surface area contributed by atoms with Crippen LogP contribution in [0.4, 0.5) is 0 Å². The Kier molecular flexibility index (Phi) is 10.2. The van der Waals surface area contributed by atoms with Gasteiger partial charge in [-0.05, 0) is 43.5 Å². The molecule has 0 saturated carbocycles. The van der Waals surface area contributed by atoms with Gasteiger partial charge in [0.25, 0.3) is 5.91 Å². The second kappa shape index (κ2) is 13.5. The van der Waals surface area contributed by atoms with Crippen LogP contribution in [-0.4, -0.2) is 62.9 Å². The first-order valence-corrected chi connectivity index (χ1v) is 12.1. The van der Waals surface area contributed by atoms with Gasteiger partial charge >= 0.3 is 0 Å². The Morgan fingerprint density at radius 2 is 1.91 bits per heavy atom. The van der Waals surface area contributed by atoms with Crippen molar-refractivity contribution in [3.63, 3.8) is 0 Å². The minimum atomic E-state index is -0.0948. The fraction of sp³-hybridized carbons (Fsp3) is 0.429. The standard InChI is InChI=1S/C28H36N2O5/c1-5-21(6-2)9-7-8-14-35-26-11-10-22(17-27(26)33-4)23-19-30(20-23)28(31)25-18-24(12-13-29-25)34-16-15-32-3/h5,7,9-13,17-18,23H,6,8,14-16,19-20H2,1-4H3/b9-7-,21-5-. The molecule has 1 amide bonds. The van der Waals surface area contributed by atoms with Gasteiger partial charge in [-0.2, -0.15) is 0 Å². The van der Waals surface area contributed by atoms with Crippen LogP contribution in [-0.2, 0) is 4.74 Å². The molecule has 0 radical (unpaired) electrons. The summed E-state index contributed by atoms with van der Waals surface area (Å²) in [4.78, 5) is 18.9. The maximum atomic E-state index is 12.8. The van der Waals surface area contributed by atoms with Crippen molar-refractivity contribution in [2.45, 2.75) is 32.6 Å². The first-order chi connectivity index (χ1) is 17.1. The van der Waals surface area contributed by atoms with Gasteiger partial charge in [0.1, 0.15) is 18.1 Å². The summed E-state index contributed by atoms with van der Waals surface area (Å²) in [6.07, 6.45) is 9.85. The highest BCUT2D eigenvalue weighted by Crippen LogP contribution is 2.35. The molecule has 1 fully saturated rings. The number of benzene rings is 1. The third-order valence-electron chi connectivity index (χ3n) is 5.99. The van der Waals surface area contributed by atoms with Crippen molar-refractivity contribution in [3.8, 4) is 17.2 Å². The fourth-order valence-corrected chi connectivity index (χ4v) is 3.83. The maximum absolute atomic E-state index is 12.8. The van der Waals surface area contributed by atoms with Gasteiger partial charge in [-0.3, -0.25) is 9.78 Å². The van der Waals surface area contributed by atoms with E-state index in [0.717, 1.165) is 24.2 Å². The van der Waals surface area contributed by atoms with Crippen molar-refractivity contribution in [1.82, 2.24) is 9.88 Å². The van der Waals surface area contributed by atoms with Crippen molar-refractivity contribution in [2.75, 3.05) is 47.1 Å². The molecule has 188 valence electrons. The predicted molar refractivity (Wildman–Crippen MR) is 137 cm³/mol. The van der Waals surface area contributed by atoms with E-state index in [1.807, 2.05) is 12.1 Å². The second-order valence-electron chi connectivity index (χ2n) is 8.29. The summed E-state index contributed by atoms with van der Waals surface area (Å²) >= 11 is 0. The maximum Gasteiger partial charge on any atom is 0.272 e. The van der Waals surface area contributed by atoms with Crippen molar-refractivity contribution in [1.29, 1.82) is 0 Å². The lowest BCUT2D eigenvalue weighted by molar-refractivity contribution is 0.0595. The molecule has 0 spiro atoms. The van der Waals surface area contributed by atoms with E-state index in [0.29, 0.717) is 50.1 Å². The zero-order valence-corrected chi connectivity index (χ0v) is 21.2. The third-order valence-corrected chi connectivity index (χ3v) is 5.99. The third kappa shape index (κ3) is 7.33. The van der Waals surface area contributed by atoms with E-state index in [1.165, 1.54) is 5.57 Å². The normalized spacial score (nSPS) is 14.2. The Labute approximate surface area is 208 Å². The molecule has 1 aromatic heterocycles. The van der Waals surface area contributed by atoms with E-state index in [9.17, 15) is 4.79 Å². The summed E-state index contributed by atoms with van der Waals surface area (Å²) in [5, 5.41) is 0. The quantitative estimate of drug-likeness (QED) is 0.296.